The first-order chi connectivity index (χ1) is 9.02. The van der Waals surface area contributed by atoms with Crippen LogP contribution in [0.5, 0.6) is 0 Å². The molecule has 0 fully saturated rings. The van der Waals surface area contributed by atoms with Crippen molar-refractivity contribution in [1.29, 1.82) is 0 Å². The van der Waals surface area contributed by atoms with Crippen molar-refractivity contribution in [2.45, 2.75) is 33.2 Å². The van der Waals surface area contributed by atoms with Gasteiger partial charge < -0.3 is 0 Å². The van der Waals surface area contributed by atoms with Gasteiger partial charge in [0.15, 0.2) is 6.29 Å². The number of benzene rings is 1. The van der Waals surface area contributed by atoms with Crippen LogP contribution in [0.3, 0.4) is 0 Å². The van der Waals surface area contributed by atoms with Crippen LogP contribution < -0.4 is 0 Å². The molecule has 0 spiro atoms. The van der Waals surface area contributed by atoms with E-state index >= 15 is 0 Å². The Bertz CT molecular complexity index is 602. The minimum atomic E-state index is 0.177. The lowest BCUT2D eigenvalue weighted by Crippen LogP contribution is -2.03. The van der Waals surface area contributed by atoms with Crippen LogP contribution in [0.4, 0.5) is 0 Å². The van der Waals surface area contributed by atoms with Crippen LogP contribution in [-0.4, -0.2) is 16.1 Å². The molecule has 1 aromatic heterocycles. The quantitative estimate of drug-likeness (QED) is 0.796. The van der Waals surface area contributed by atoms with Gasteiger partial charge in [0.25, 0.3) is 0 Å². The molecule has 1 aromatic carbocycles. The first-order valence-electron chi connectivity index (χ1n) is 6.30. The van der Waals surface area contributed by atoms with Crippen molar-refractivity contribution in [2.75, 3.05) is 0 Å². The summed E-state index contributed by atoms with van der Waals surface area (Å²) in [7, 11) is 0. The van der Waals surface area contributed by atoms with Gasteiger partial charge in [0.1, 0.15) is 5.15 Å². The standard InChI is InChI=1S/C15H17ClN2O/c1-10(2)14-13(9-19)15(16)18(17-14)8-12-6-4-5-11(3)7-12/h4-7,9-10H,8H2,1-3H3. The number of halogens is 1. The van der Waals surface area contributed by atoms with Crippen molar-refractivity contribution in [3.63, 3.8) is 0 Å². The van der Waals surface area contributed by atoms with Gasteiger partial charge in [0.05, 0.1) is 17.8 Å². The molecule has 3 nitrogen and oxygen atoms in total. The number of aldehydes is 1. The average Bonchev–Trinajstić information content (AvgIpc) is 2.66. The van der Waals surface area contributed by atoms with Crippen LogP contribution in [0.15, 0.2) is 24.3 Å². The van der Waals surface area contributed by atoms with Crippen molar-refractivity contribution in [3.8, 4) is 0 Å². The molecular weight excluding hydrogens is 260 g/mol. The Morgan fingerprint density at radius 1 is 1.42 bits per heavy atom. The topological polar surface area (TPSA) is 34.9 Å². The zero-order chi connectivity index (χ0) is 14.0. The van der Waals surface area contributed by atoms with E-state index in [2.05, 4.69) is 11.2 Å². The van der Waals surface area contributed by atoms with E-state index in [0.717, 1.165) is 17.5 Å². The van der Waals surface area contributed by atoms with Crippen LogP contribution in [0.2, 0.25) is 5.15 Å². The zero-order valence-corrected chi connectivity index (χ0v) is 12.1. The molecule has 0 aliphatic carbocycles. The molecule has 0 bridgehead atoms. The number of rotatable bonds is 4. The van der Waals surface area contributed by atoms with Crippen LogP contribution >= 0.6 is 11.6 Å². The van der Waals surface area contributed by atoms with Gasteiger partial charge in [0.2, 0.25) is 0 Å². The highest BCUT2D eigenvalue weighted by Crippen LogP contribution is 2.25. The number of aromatic nitrogens is 2. The minimum Gasteiger partial charge on any atom is -0.298 e. The van der Waals surface area contributed by atoms with E-state index in [0.29, 0.717) is 17.3 Å². The van der Waals surface area contributed by atoms with Crippen LogP contribution in [0.1, 0.15) is 46.9 Å². The maximum absolute atomic E-state index is 11.1. The zero-order valence-electron chi connectivity index (χ0n) is 11.4. The molecular formula is C15H17ClN2O. The van der Waals surface area contributed by atoms with Gasteiger partial charge in [-0.15, -0.1) is 0 Å². The summed E-state index contributed by atoms with van der Waals surface area (Å²) in [6, 6.07) is 8.17. The SMILES string of the molecule is Cc1cccc(Cn2nc(C(C)C)c(C=O)c2Cl)c1. The molecule has 0 N–H and O–H groups in total. The van der Waals surface area contributed by atoms with Gasteiger partial charge in [-0.2, -0.15) is 5.10 Å². The fourth-order valence-electron chi connectivity index (χ4n) is 2.10. The molecule has 0 radical (unpaired) electrons. The second-order valence-electron chi connectivity index (χ2n) is 5.01. The van der Waals surface area contributed by atoms with E-state index in [1.807, 2.05) is 39.0 Å². The van der Waals surface area contributed by atoms with Crippen LogP contribution in [0, 0.1) is 6.92 Å². The predicted octanol–water partition coefficient (Wildman–Crippen LogP) is 3.83. The first kappa shape index (κ1) is 13.8. The third kappa shape index (κ3) is 2.87. The van der Waals surface area contributed by atoms with Gasteiger partial charge in [-0.05, 0) is 18.4 Å². The van der Waals surface area contributed by atoms with Gasteiger partial charge in [-0.1, -0.05) is 55.3 Å². The largest absolute Gasteiger partial charge is 0.298 e. The van der Waals surface area contributed by atoms with E-state index < -0.39 is 0 Å². The Kier molecular flexibility index (Phi) is 4.05. The monoisotopic (exact) mass is 276 g/mol. The third-order valence-electron chi connectivity index (χ3n) is 3.03. The molecule has 0 aliphatic heterocycles. The number of aryl methyl sites for hydroxylation is 1. The highest BCUT2D eigenvalue weighted by Gasteiger charge is 2.18. The molecule has 0 saturated heterocycles. The Balaban J connectivity index is 2.38. The number of hydrogen-bond donors (Lipinski definition) is 0. The van der Waals surface area contributed by atoms with E-state index in [9.17, 15) is 4.79 Å². The van der Waals surface area contributed by atoms with Crippen molar-refractivity contribution >= 4 is 17.9 Å². The number of carbonyl (C=O) groups is 1. The fraction of sp³-hybridized carbons (Fsp3) is 0.333. The molecule has 0 unspecified atom stereocenters. The third-order valence-corrected chi connectivity index (χ3v) is 3.43. The molecule has 0 atom stereocenters. The predicted molar refractivity (Wildman–Crippen MR) is 77.0 cm³/mol. The van der Waals surface area contributed by atoms with E-state index in [-0.39, 0.29) is 5.92 Å². The molecule has 100 valence electrons. The molecule has 0 amide bonds. The number of carbonyl (C=O) groups excluding carboxylic acids is 1. The molecule has 2 rings (SSSR count). The second-order valence-corrected chi connectivity index (χ2v) is 5.37. The lowest BCUT2D eigenvalue weighted by atomic mass is 10.1. The number of nitrogens with zero attached hydrogens (tertiary/aromatic N) is 2. The van der Waals surface area contributed by atoms with Gasteiger partial charge in [0, 0.05) is 0 Å². The summed E-state index contributed by atoms with van der Waals surface area (Å²) in [6.07, 6.45) is 0.789. The highest BCUT2D eigenvalue weighted by atomic mass is 35.5. The first-order valence-corrected chi connectivity index (χ1v) is 6.67. The Morgan fingerprint density at radius 3 is 2.68 bits per heavy atom. The second kappa shape index (κ2) is 5.57. The number of hydrogen-bond acceptors (Lipinski definition) is 2. The summed E-state index contributed by atoms with van der Waals surface area (Å²) < 4.78 is 1.69. The summed E-state index contributed by atoms with van der Waals surface area (Å²) in [6.45, 7) is 6.63. The van der Waals surface area contributed by atoms with E-state index in [1.54, 1.807) is 4.68 Å². The molecule has 0 aliphatic rings. The van der Waals surface area contributed by atoms with Gasteiger partial charge in [-0.25, -0.2) is 4.68 Å². The summed E-state index contributed by atoms with van der Waals surface area (Å²) in [5, 5.41) is 4.88. The smallest absolute Gasteiger partial charge is 0.155 e. The Morgan fingerprint density at radius 2 is 2.16 bits per heavy atom. The summed E-state index contributed by atoms with van der Waals surface area (Å²) >= 11 is 6.23. The summed E-state index contributed by atoms with van der Waals surface area (Å²) in [4.78, 5) is 11.1. The van der Waals surface area contributed by atoms with Crippen molar-refractivity contribution in [2.24, 2.45) is 0 Å². The Hall–Kier alpha value is -1.61. The van der Waals surface area contributed by atoms with Crippen LogP contribution in [0.25, 0.3) is 0 Å². The van der Waals surface area contributed by atoms with Gasteiger partial charge in [-0.3, -0.25) is 4.79 Å². The van der Waals surface area contributed by atoms with Crippen molar-refractivity contribution < 1.29 is 4.79 Å². The molecule has 0 saturated carbocycles. The normalized spacial score (nSPS) is 11.0. The lowest BCUT2D eigenvalue weighted by molar-refractivity contribution is 0.112. The van der Waals surface area contributed by atoms with Crippen molar-refractivity contribution in [3.05, 3.63) is 51.8 Å². The maximum Gasteiger partial charge on any atom is 0.155 e. The minimum absolute atomic E-state index is 0.177. The Labute approximate surface area is 118 Å². The summed E-state index contributed by atoms with van der Waals surface area (Å²) in [5.41, 5.74) is 3.58. The van der Waals surface area contributed by atoms with Gasteiger partial charge >= 0.3 is 0 Å². The molecule has 2 aromatic rings. The maximum atomic E-state index is 11.1. The summed E-state index contributed by atoms with van der Waals surface area (Å²) in [5.74, 6) is 0.177. The highest BCUT2D eigenvalue weighted by molar-refractivity contribution is 6.32. The average molecular weight is 277 g/mol. The van der Waals surface area contributed by atoms with E-state index in [1.165, 1.54) is 5.56 Å². The molecule has 1 heterocycles. The van der Waals surface area contributed by atoms with Crippen LogP contribution in [-0.2, 0) is 6.54 Å². The van der Waals surface area contributed by atoms with E-state index in [4.69, 9.17) is 11.6 Å². The molecule has 4 heteroatoms. The fourth-order valence-corrected chi connectivity index (χ4v) is 2.34. The molecule has 19 heavy (non-hydrogen) atoms. The van der Waals surface area contributed by atoms with Crippen molar-refractivity contribution in [1.82, 2.24) is 9.78 Å². The lowest BCUT2D eigenvalue weighted by Gasteiger charge is -2.04.